The summed E-state index contributed by atoms with van der Waals surface area (Å²) in [7, 11) is 0. The Morgan fingerprint density at radius 3 is 2.59 bits per heavy atom. The number of hydrogen-bond donors (Lipinski definition) is 2. The fourth-order valence-corrected chi connectivity index (χ4v) is 2.75. The molecule has 1 fully saturated rings. The van der Waals surface area contributed by atoms with E-state index in [0.717, 1.165) is 31.2 Å². The molecule has 0 saturated heterocycles. The molecule has 1 unspecified atom stereocenters. The maximum Gasteiger partial charge on any atom is 0.0908 e. The van der Waals surface area contributed by atoms with Crippen molar-refractivity contribution in [2.24, 2.45) is 0 Å². The summed E-state index contributed by atoms with van der Waals surface area (Å²) in [5, 5.41) is 20.6. The second-order valence-corrected chi connectivity index (χ2v) is 5.37. The zero-order valence-corrected chi connectivity index (χ0v) is 10.5. The number of hydrogen-bond acceptors (Lipinski definition) is 2. The molecule has 2 N–H and O–H groups in total. The molecule has 0 heterocycles. The van der Waals surface area contributed by atoms with E-state index in [2.05, 4.69) is 6.07 Å². The van der Waals surface area contributed by atoms with Gasteiger partial charge in [0.25, 0.3) is 0 Å². The van der Waals surface area contributed by atoms with Crippen LogP contribution in [0.5, 0.6) is 0 Å². The molecule has 2 heteroatoms. The van der Waals surface area contributed by atoms with Crippen LogP contribution < -0.4 is 0 Å². The largest absolute Gasteiger partial charge is 0.390 e. The van der Waals surface area contributed by atoms with Gasteiger partial charge in [-0.15, -0.1) is 0 Å². The molecule has 1 aliphatic carbocycles. The maximum absolute atomic E-state index is 10.4. The van der Waals surface area contributed by atoms with Crippen LogP contribution in [0.15, 0.2) is 24.3 Å². The van der Waals surface area contributed by atoms with Gasteiger partial charge in [0.15, 0.2) is 0 Å². The van der Waals surface area contributed by atoms with Gasteiger partial charge in [0.2, 0.25) is 0 Å². The fraction of sp³-hybridized carbons (Fsp3) is 0.600. The maximum atomic E-state index is 10.4. The van der Waals surface area contributed by atoms with Crippen LogP contribution in [0.25, 0.3) is 0 Å². The number of aliphatic hydroxyl groups is 2. The van der Waals surface area contributed by atoms with Crippen LogP contribution in [0.3, 0.4) is 0 Å². The summed E-state index contributed by atoms with van der Waals surface area (Å²) in [6, 6.07) is 8.14. The number of rotatable bonds is 3. The van der Waals surface area contributed by atoms with Crippen molar-refractivity contribution in [1.29, 1.82) is 0 Å². The third-order valence-corrected chi connectivity index (χ3v) is 3.85. The Bertz CT molecular complexity index is 367. The van der Waals surface area contributed by atoms with Crippen molar-refractivity contribution in [1.82, 2.24) is 0 Å². The van der Waals surface area contributed by atoms with Gasteiger partial charge in [-0.3, -0.25) is 0 Å². The first-order chi connectivity index (χ1) is 8.10. The van der Waals surface area contributed by atoms with Crippen LogP contribution in [0.2, 0.25) is 0 Å². The molecule has 0 aliphatic heterocycles. The molecule has 1 aromatic rings. The van der Waals surface area contributed by atoms with E-state index in [1.807, 2.05) is 25.1 Å². The number of aryl methyl sites for hydroxylation is 1. The van der Waals surface area contributed by atoms with Gasteiger partial charge in [-0.1, -0.05) is 49.1 Å². The number of aliphatic hydroxyl groups excluding tert-OH is 1. The zero-order valence-electron chi connectivity index (χ0n) is 10.5. The molecule has 0 radical (unpaired) electrons. The van der Waals surface area contributed by atoms with Gasteiger partial charge in [0.05, 0.1) is 11.7 Å². The number of benzene rings is 1. The van der Waals surface area contributed by atoms with E-state index in [-0.39, 0.29) is 0 Å². The topological polar surface area (TPSA) is 40.5 Å². The molecular weight excluding hydrogens is 212 g/mol. The lowest BCUT2D eigenvalue weighted by Crippen LogP contribution is -2.45. The quantitative estimate of drug-likeness (QED) is 0.844. The van der Waals surface area contributed by atoms with E-state index in [4.69, 9.17) is 0 Å². The minimum absolute atomic E-state index is 0.554. The summed E-state index contributed by atoms with van der Waals surface area (Å²) in [6.07, 6.45) is 4.63. The van der Waals surface area contributed by atoms with Gasteiger partial charge in [-0.2, -0.15) is 0 Å². The van der Waals surface area contributed by atoms with Crippen molar-refractivity contribution in [2.75, 3.05) is 0 Å². The highest BCUT2D eigenvalue weighted by atomic mass is 16.3. The van der Waals surface area contributed by atoms with Gasteiger partial charge in [0, 0.05) is 6.42 Å². The monoisotopic (exact) mass is 234 g/mol. The van der Waals surface area contributed by atoms with Crippen LogP contribution in [0.4, 0.5) is 0 Å². The minimum Gasteiger partial charge on any atom is -0.390 e. The van der Waals surface area contributed by atoms with Crippen molar-refractivity contribution in [3.63, 3.8) is 0 Å². The fourth-order valence-electron chi connectivity index (χ4n) is 2.75. The summed E-state index contributed by atoms with van der Waals surface area (Å²) in [5.74, 6) is 0. The molecule has 2 rings (SSSR count). The molecule has 1 aromatic carbocycles. The smallest absolute Gasteiger partial charge is 0.0908 e. The summed E-state index contributed by atoms with van der Waals surface area (Å²) in [4.78, 5) is 0. The first kappa shape index (κ1) is 12.6. The molecule has 1 aliphatic rings. The van der Waals surface area contributed by atoms with Gasteiger partial charge in [-0.05, 0) is 25.3 Å². The lowest BCUT2D eigenvalue weighted by atomic mass is 9.79. The molecule has 0 bridgehead atoms. The van der Waals surface area contributed by atoms with Crippen molar-refractivity contribution in [3.8, 4) is 0 Å². The Balaban J connectivity index is 2.02. The highest BCUT2D eigenvalue weighted by Crippen LogP contribution is 2.32. The summed E-state index contributed by atoms with van der Waals surface area (Å²) in [6.45, 7) is 2.05. The standard InChI is InChI=1S/C15H22O2/c1-12-6-5-7-13(10-12)11-14(16)15(17)8-3-2-4-9-15/h5-7,10,14,16-17H,2-4,8-9,11H2,1H3. The first-order valence-corrected chi connectivity index (χ1v) is 6.56. The first-order valence-electron chi connectivity index (χ1n) is 6.56. The SMILES string of the molecule is Cc1cccc(CC(O)C2(O)CCCCC2)c1. The molecule has 0 aromatic heterocycles. The van der Waals surface area contributed by atoms with Gasteiger partial charge in [-0.25, -0.2) is 0 Å². The Morgan fingerprint density at radius 2 is 1.94 bits per heavy atom. The second kappa shape index (κ2) is 5.19. The van der Waals surface area contributed by atoms with Gasteiger partial charge < -0.3 is 10.2 Å². The average Bonchev–Trinajstić information content (AvgIpc) is 2.30. The molecule has 1 atom stereocenters. The summed E-state index contributed by atoms with van der Waals surface area (Å²) in [5.41, 5.74) is 1.45. The van der Waals surface area contributed by atoms with Crippen molar-refractivity contribution >= 4 is 0 Å². The van der Waals surface area contributed by atoms with Crippen molar-refractivity contribution in [3.05, 3.63) is 35.4 Å². The van der Waals surface area contributed by atoms with Crippen LogP contribution in [0, 0.1) is 6.92 Å². The lowest BCUT2D eigenvalue weighted by Gasteiger charge is -2.36. The molecule has 0 spiro atoms. The van der Waals surface area contributed by atoms with E-state index in [9.17, 15) is 10.2 Å². The average molecular weight is 234 g/mol. The van der Waals surface area contributed by atoms with Crippen molar-refractivity contribution in [2.45, 2.75) is 57.2 Å². The van der Waals surface area contributed by atoms with Crippen LogP contribution in [0.1, 0.15) is 43.2 Å². The highest BCUT2D eigenvalue weighted by molar-refractivity contribution is 5.23. The third kappa shape index (κ3) is 3.08. The predicted octanol–water partition coefficient (Wildman–Crippen LogP) is 2.59. The van der Waals surface area contributed by atoms with E-state index < -0.39 is 11.7 Å². The minimum atomic E-state index is -0.859. The predicted molar refractivity (Wildman–Crippen MR) is 68.9 cm³/mol. The molecule has 2 nitrogen and oxygen atoms in total. The molecular formula is C15H22O2. The Hall–Kier alpha value is -0.860. The van der Waals surface area contributed by atoms with E-state index in [0.29, 0.717) is 6.42 Å². The Kier molecular flexibility index (Phi) is 3.85. The zero-order chi connectivity index (χ0) is 12.3. The molecule has 0 amide bonds. The molecule has 1 saturated carbocycles. The Morgan fingerprint density at radius 1 is 1.24 bits per heavy atom. The van der Waals surface area contributed by atoms with Crippen molar-refractivity contribution < 1.29 is 10.2 Å². The lowest BCUT2D eigenvalue weighted by molar-refractivity contribution is -0.0960. The van der Waals surface area contributed by atoms with Gasteiger partial charge >= 0.3 is 0 Å². The third-order valence-electron chi connectivity index (χ3n) is 3.85. The van der Waals surface area contributed by atoms with Crippen LogP contribution >= 0.6 is 0 Å². The van der Waals surface area contributed by atoms with E-state index in [1.165, 1.54) is 12.0 Å². The summed E-state index contributed by atoms with van der Waals surface area (Å²) >= 11 is 0. The highest BCUT2D eigenvalue weighted by Gasteiger charge is 2.36. The molecule has 94 valence electrons. The van der Waals surface area contributed by atoms with Crippen LogP contribution in [-0.4, -0.2) is 21.9 Å². The normalized spacial score (nSPS) is 21.1. The summed E-state index contributed by atoms with van der Waals surface area (Å²) < 4.78 is 0. The van der Waals surface area contributed by atoms with E-state index in [1.54, 1.807) is 0 Å². The van der Waals surface area contributed by atoms with Crippen LogP contribution in [-0.2, 0) is 6.42 Å². The molecule has 17 heavy (non-hydrogen) atoms. The Labute approximate surface area is 103 Å². The van der Waals surface area contributed by atoms with E-state index >= 15 is 0 Å². The second-order valence-electron chi connectivity index (χ2n) is 5.37. The van der Waals surface area contributed by atoms with Gasteiger partial charge in [0.1, 0.15) is 0 Å².